The van der Waals surface area contributed by atoms with E-state index in [-0.39, 0.29) is 36.4 Å². The summed E-state index contributed by atoms with van der Waals surface area (Å²) in [4.78, 5) is 17.5. The number of rotatable bonds is 8. The first-order valence-electron chi connectivity index (χ1n) is 7.73. The number of nitrogens with one attached hydrogen (secondary N) is 2. The van der Waals surface area contributed by atoms with Gasteiger partial charge in [0, 0.05) is 33.6 Å². The average Bonchev–Trinajstić information content (AvgIpc) is 2.96. The van der Waals surface area contributed by atoms with Gasteiger partial charge in [0.2, 0.25) is 5.91 Å². The molecule has 7 heteroatoms. The third-order valence-corrected chi connectivity index (χ3v) is 3.13. The van der Waals surface area contributed by atoms with Gasteiger partial charge in [-0.05, 0) is 24.5 Å². The lowest BCUT2D eigenvalue weighted by Crippen LogP contribution is -2.40. The van der Waals surface area contributed by atoms with E-state index in [1.165, 1.54) is 4.90 Å². The van der Waals surface area contributed by atoms with Crippen molar-refractivity contribution in [1.82, 2.24) is 15.5 Å². The Kier molecular flexibility index (Phi) is 11.5. The molecule has 0 saturated heterocycles. The Morgan fingerprint density at radius 3 is 2.57 bits per heavy atom. The summed E-state index contributed by atoms with van der Waals surface area (Å²) in [6, 6.07) is 3.82. The highest BCUT2D eigenvalue weighted by Crippen LogP contribution is 1.99. The minimum atomic E-state index is -0.0176. The van der Waals surface area contributed by atoms with Crippen molar-refractivity contribution in [2.75, 3.05) is 33.7 Å². The van der Waals surface area contributed by atoms with Crippen LogP contribution in [0.5, 0.6) is 0 Å². The van der Waals surface area contributed by atoms with E-state index >= 15 is 0 Å². The second kappa shape index (κ2) is 12.2. The number of likely N-dealkylation sites (N-methyl/N-ethyl adjacent to an activating group) is 1. The number of halogens is 1. The quantitative estimate of drug-likeness (QED) is 0.372. The van der Waals surface area contributed by atoms with Crippen LogP contribution in [-0.2, 0) is 11.2 Å². The molecule has 1 aromatic heterocycles. The highest BCUT2D eigenvalue weighted by molar-refractivity contribution is 14.0. The number of furan rings is 1. The monoisotopic (exact) mass is 436 g/mol. The SMILES string of the molecule is CC(C)CCNC(=NCC(=O)N(C)C)NCCc1ccco1.I. The second-order valence-corrected chi connectivity index (χ2v) is 5.82. The third-order valence-electron chi connectivity index (χ3n) is 3.13. The number of carbonyl (C=O) groups is 1. The van der Waals surface area contributed by atoms with Gasteiger partial charge in [-0.1, -0.05) is 13.8 Å². The molecular formula is C16H29IN4O2. The van der Waals surface area contributed by atoms with E-state index in [9.17, 15) is 4.79 Å². The van der Waals surface area contributed by atoms with Gasteiger partial charge in [-0.2, -0.15) is 0 Å². The Bertz CT molecular complexity index is 459. The van der Waals surface area contributed by atoms with Gasteiger partial charge >= 0.3 is 0 Å². The maximum Gasteiger partial charge on any atom is 0.243 e. The van der Waals surface area contributed by atoms with Gasteiger partial charge in [-0.15, -0.1) is 24.0 Å². The van der Waals surface area contributed by atoms with E-state index in [2.05, 4.69) is 29.5 Å². The maximum atomic E-state index is 11.6. The molecule has 1 amide bonds. The second-order valence-electron chi connectivity index (χ2n) is 5.82. The molecule has 0 aliphatic heterocycles. The van der Waals surface area contributed by atoms with Crippen molar-refractivity contribution in [2.45, 2.75) is 26.7 Å². The van der Waals surface area contributed by atoms with E-state index in [1.54, 1.807) is 20.4 Å². The van der Waals surface area contributed by atoms with Crippen LogP contribution in [0.3, 0.4) is 0 Å². The first-order chi connectivity index (χ1) is 10.5. The molecule has 2 N–H and O–H groups in total. The van der Waals surface area contributed by atoms with E-state index in [1.807, 2.05) is 12.1 Å². The molecule has 132 valence electrons. The Labute approximate surface area is 156 Å². The van der Waals surface area contributed by atoms with Crippen molar-refractivity contribution in [3.8, 4) is 0 Å². The number of hydrogen-bond acceptors (Lipinski definition) is 3. The predicted octanol–water partition coefficient (Wildman–Crippen LogP) is 2.11. The molecule has 0 fully saturated rings. The summed E-state index contributed by atoms with van der Waals surface area (Å²) in [5, 5.41) is 6.50. The molecule has 1 heterocycles. The highest BCUT2D eigenvalue weighted by atomic mass is 127. The minimum Gasteiger partial charge on any atom is -0.469 e. The van der Waals surface area contributed by atoms with Gasteiger partial charge < -0.3 is 20.0 Å². The summed E-state index contributed by atoms with van der Waals surface area (Å²) in [5.74, 6) is 2.21. The summed E-state index contributed by atoms with van der Waals surface area (Å²) >= 11 is 0. The van der Waals surface area contributed by atoms with Crippen LogP contribution in [-0.4, -0.2) is 50.5 Å². The molecule has 0 aromatic carbocycles. The first-order valence-corrected chi connectivity index (χ1v) is 7.73. The first kappa shape index (κ1) is 21.8. The smallest absolute Gasteiger partial charge is 0.243 e. The molecule has 0 aliphatic carbocycles. The van der Waals surface area contributed by atoms with Crippen molar-refractivity contribution in [3.63, 3.8) is 0 Å². The zero-order chi connectivity index (χ0) is 16.4. The van der Waals surface area contributed by atoms with Crippen molar-refractivity contribution >= 4 is 35.8 Å². The summed E-state index contributed by atoms with van der Waals surface area (Å²) in [5.41, 5.74) is 0. The molecule has 1 aromatic rings. The van der Waals surface area contributed by atoms with E-state index in [0.29, 0.717) is 18.4 Å². The molecule has 0 aliphatic rings. The normalized spacial score (nSPS) is 11.1. The number of aliphatic imine (C=N–C) groups is 1. The van der Waals surface area contributed by atoms with Crippen LogP contribution < -0.4 is 10.6 Å². The molecule has 23 heavy (non-hydrogen) atoms. The zero-order valence-electron chi connectivity index (χ0n) is 14.5. The zero-order valence-corrected chi connectivity index (χ0v) is 16.8. The molecule has 1 rings (SSSR count). The lowest BCUT2D eigenvalue weighted by molar-refractivity contribution is -0.127. The molecule has 0 radical (unpaired) electrons. The molecule has 0 bridgehead atoms. The van der Waals surface area contributed by atoms with Crippen molar-refractivity contribution in [2.24, 2.45) is 10.9 Å². The largest absolute Gasteiger partial charge is 0.469 e. The number of nitrogens with zero attached hydrogens (tertiary/aromatic N) is 2. The Hall–Kier alpha value is -1.25. The lowest BCUT2D eigenvalue weighted by atomic mass is 10.1. The van der Waals surface area contributed by atoms with E-state index < -0.39 is 0 Å². The lowest BCUT2D eigenvalue weighted by Gasteiger charge is -2.14. The van der Waals surface area contributed by atoms with Crippen LogP contribution in [0.4, 0.5) is 0 Å². The topological polar surface area (TPSA) is 69.9 Å². The van der Waals surface area contributed by atoms with E-state index in [4.69, 9.17) is 4.42 Å². The van der Waals surface area contributed by atoms with E-state index in [0.717, 1.165) is 25.1 Å². The van der Waals surface area contributed by atoms with Gasteiger partial charge in [0.15, 0.2) is 5.96 Å². The molecular weight excluding hydrogens is 407 g/mol. The summed E-state index contributed by atoms with van der Waals surface area (Å²) < 4.78 is 5.30. The van der Waals surface area contributed by atoms with Crippen LogP contribution in [0, 0.1) is 5.92 Å². The fraction of sp³-hybridized carbons (Fsp3) is 0.625. The van der Waals surface area contributed by atoms with Crippen LogP contribution in [0.2, 0.25) is 0 Å². The van der Waals surface area contributed by atoms with Crippen molar-refractivity contribution in [1.29, 1.82) is 0 Å². The van der Waals surface area contributed by atoms with Crippen LogP contribution in [0.1, 0.15) is 26.0 Å². The number of amides is 1. The Morgan fingerprint density at radius 1 is 1.30 bits per heavy atom. The molecule has 0 spiro atoms. The van der Waals surface area contributed by atoms with Crippen LogP contribution in [0.25, 0.3) is 0 Å². The van der Waals surface area contributed by atoms with Gasteiger partial charge in [0.1, 0.15) is 12.3 Å². The third kappa shape index (κ3) is 10.2. The average molecular weight is 436 g/mol. The Balaban J connectivity index is 0.00000484. The summed E-state index contributed by atoms with van der Waals surface area (Å²) in [6.45, 7) is 6.04. The summed E-state index contributed by atoms with van der Waals surface area (Å²) in [7, 11) is 3.46. The summed E-state index contributed by atoms with van der Waals surface area (Å²) in [6.07, 6.45) is 3.50. The number of carbonyl (C=O) groups excluding carboxylic acids is 1. The van der Waals surface area contributed by atoms with Gasteiger partial charge in [0.05, 0.1) is 6.26 Å². The van der Waals surface area contributed by atoms with Crippen LogP contribution in [0.15, 0.2) is 27.8 Å². The standard InChI is InChI=1S/C16H28N4O2.HI/c1-13(2)7-9-17-16(19-12-15(21)20(3)4)18-10-8-14-6-5-11-22-14;/h5-6,11,13H,7-10,12H2,1-4H3,(H2,17,18,19);1H. The minimum absolute atomic E-state index is 0. The van der Waals surface area contributed by atoms with Gasteiger partial charge in [-0.25, -0.2) is 4.99 Å². The molecule has 6 nitrogen and oxygen atoms in total. The fourth-order valence-corrected chi connectivity index (χ4v) is 1.70. The van der Waals surface area contributed by atoms with Crippen molar-refractivity contribution < 1.29 is 9.21 Å². The van der Waals surface area contributed by atoms with Crippen LogP contribution >= 0.6 is 24.0 Å². The molecule has 0 unspecified atom stereocenters. The highest BCUT2D eigenvalue weighted by Gasteiger charge is 2.05. The van der Waals surface area contributed by atoms with Crippen molar-refractivity contribution in [3.05, 3.63) is 24.2 Å². The van der Waals surface area contributed by atoms with Gasteiger partial charge in [-0.3, -0.25) is 4.79 Å². The Morgan fingerprint density at radius 2 is 2.00 bits per heavy atom. The fourth-order valence-electron chi connectivity index (χ4n) is 1.70. The molecule has 0 saturated carbocycles. The number of hydrogen-bond donors (Lipinski definition) is 2. The molecule has 0 atom stereocenters. The maximum absolute atomic E-state index is 11.6. The number of guanidine groups is 1. The van der Waals surface area contributed by atoms with Gasteiger partial charge in [0.25, 0.3) is 0 Å². The predicted molar refractivity (Wildman–Crippen MR) is 104 cm³/mol.